The van der Waals surface area contributed by atoms with Gasteiger partial charge in [-0.2, -0.15) is 5.10 Å². The molecule has 134 valence electrons. The molecule has 3 aromatic rings. The third kappa shape index (κ3) is 3.94. The second-order valence-corrected chi connectivity index (χ2v) is 7.41. The maximum atomic E-state index is 5.44. The third-order valence-corrected chi connectivity index (χ3v) is 5.47. The number of likely N-dealkylation sites (tertiary alicyclic amines) is 1. The predicted molar refractivity (Wildman–Crippen MR) is 107 cm³/mol. The van der Waals surface area contributed by atoms with E-state index in [4.69, 9.17) is 12.2 Å². The van der Waals surface area contributed by atoms with Gasteiger partial charge in [-0.1, -0.05) is 48.5 Å². The molecule has 0 saturated carbocycles. The summed E-state index contributed by atoms with van der Waals surface area (Å²) in [6.07, 6.45) is 3.67. The second kappa shape index (κ2) is 7.98. The number of aromatic amines is 1. The monoisotopic (exact) mass is 364 g/mol. The van der Waals surface area contributed by atoms with E-state index in [1.165, 1.54) is 24.8 Å². The lowest BCUT2D eigenvalue weighted by Crippen LogP contribution is -2.34. The van der Waals surface area contributed by atoms with E-state index in [0.717, 1.165) is 37.1 Å². The second-order valence-electron chi connectivity index (χ2n) is 7.03. The first-order valence-corrected chi connectivity index (χ1v) is 9.68. The van der Waals surface area contributed by atoms with Gasteiger partial charge in [-0.15, -0.1) is 0 Å². The first-order chi connectivity index (χ1) is 12.8. The molecule has 5 heteroatoms. The number of rotatable bonds is 5. The highest BCUT2D eigenvalue weighted by Gasteiger charge is 2.21. The molecule has 0 radical (unpaired) electrons. The molecule has 4 nitrogen and oxygen atoms in total. The van der Waals surface area contributed by atoms with Crippen LogP contribution in [0, 0.1) is 10.7 Å². The van der Waals surface area contributed by atoms with Crippen LogP contribution < -0.4 is 0 Å². The van der Waals surface area contributed by atoms with Gasteiger partial charge < -0.3 is 0 Å². The van der Waals surface area contributed by atoms with Crippen LogP contribution in [0.3, 0.4) is 0 Å². The van der Waals surface area contributed by atoms with E-state index in [9.17, 15) is 0 Å². The summed E-state index contributed by atoms with van der Waals surface area (Å²) in [5.41, 5.74) is 2.52. The minimum absolute atomic E-state index is 0.658. The Morgan fingerprint density at radius 2 is 1.62 bits per heavy atom. The summed E-state index contributed by atoms with van der Waals surface area (Å²) in [6, 6.07) is 21.1. The van der Waals surface area contributed by atoms with E-state index in [0.29, 0.717) is 4.77 Å². The molecule has 1 aliphatic rings. The number of H-pyrrole nitrogens is 1. The molecule has 1 saturated heterocycles. The number of nitrogens with one attached hydrogen (secondary N) is 1. The first-order valence-electron chi connectivity index (χ1n) is 9.27. The van der Waals surface area contributed by atoms with Crippen LogP contribution in [0.25, 0.3) is 5.69 Å². The fourth-order valence-corrected chi connectivity index (χ4v) is 4.03. The standard InChI is InChI=1S/C21H24N4S/c26-21-23-22-20(25(21)19-9-5-2-6-10-19)16-24-13-11-18(12-14-24)15-17-7-3-1-4-8-17/h1-10,18H,11-16H2,(H,23,26). The molecule has 1 aromatic heterocycles. The normalized spacial score (nSPS) is 16.0. The van der Waals surface area contributed by atoms with Crippen LogP contribution in [-0.4, -0.2) is 32.8 Å². The number of aromatic nitrogens is 3. The van der Waals surface area contributed by atoms with Crippen molar-refractivity contribution in [3.63, 3.8) is 0 Å². The number of hydrogen-bond acceptors (Lipinski definition) is 3. The Kier molecular flexibility index (Phi) is 5.27. The van der Waals surface area contributed by atoms with Crippen molar-refractivity contribution in [2.24, 2.45) is 5.92 Å². The van der Waals surface area contributed by atoms with E-state index < -0.39 is 0 Å². The SMILES string of the molecule is S=c1[nH]nc(CN2CCC(Cc3ccccc3)CC2)n1-c1ccccc1. The molecule has 1 fully saturated rings. The molecule has 0 atom stereocenters. The predicted octanol–water partition coefficient (Wildman–Crippen LogP) is 4.38. The Morgan fingerprint density at radius 3 is 2.31 bits per heavy atom. The van der Waals surface area contributed by atoms with Crippen molar-refractivity contribution >= 4 is 12.2 Å². The fourth-order valence-electron chi connectivity index (χ4n) is 3.78. The summed E-state index contributed by atoms with van der Waals surface area (Å²) in [5, 5.41) is 7.43. The largest absolute Gasteiger partial charge is 0.296 e. The minimum atomic E-state index is 0.658. The van der Waals surface area contributed by atoms with Crippen molar-refractivity contribution in [2.75, 3.05) is 13.1 Å². The van der Waals surface area contributed by atoms with Crippen LogP contribution in [0.1, 0.15) is 24.2 Å². The van der Waals surface area contributed by atoms with Crippen molar-refractivity contribution in [1.82, 2.24) is 19.7 Å². The molecule has 26 heavy (non-hydrogen) atoms. The van der Waals surface area contributed by atoms with Crippen molar-refractivity contribution in [3.8, 4) is 5.69 Å². The fraction of sp³-hybridized carbons (Fsp3) is 0.333. The summed E-state index contributed by atoms with van der Waals surface area (Å²) in [5.74, 6) is 1.77. The molecule has 0 unspecified atom stereocenters. The Balaban J connectivity index is 1.39. The molecule has 0 bridgehead atoms. The lowest BCUT2D eigenvalue weighted by Gasteiger charge is -2.31. The van der Waals surface area contributed by atoms with Gasteiger partial charge in [0.05, 0.1) is 6.54 Å². The van der Waals surface area contributed by atoms with Gasteiger partial charge in [-0.25, -0.2) is 0 Å². The summed E-state index contributed by atoms with van der Waals surface area (Å²) in [6.45, 7) is 3.07. The van der Waals surface area contributed by atoms with Crippen molar-refractivity contribution in [1.29, 1.82) is 0 Å². The first kappa shape index (κ1) is 17.2. The number of para-hydroxylation sites is 1. The quantitative estimate of drug-likeness (QED) is 0.683. The van der Waals surface area contributed by atoms with Gasteiger partial charge in [0, 0.05) is 5.69 Å². The molecular formula is C21H24N4S. The lowest BCUT2D eigenvalue weighted by molar-refractivity contribution is 0.172. The molecular weight excluding hydrogens is 340 g/mol. The summed E-state index contributed by atoms with van der Waals surface area (Å²) < 4.78 is 2.70. The van der Waals surface area contributed by atoms with Gasteiger partial charge in [0.2, 0.25) is 0 Å². The van der Waals surface area contributed by atoms with Gasteiger partial charge in [-0.3, -0.25) is 14.6 Å². The van der Waals surface area contributed by atoms with Crippen LogP contribution in [0.4, 0.5) is 0 Å². The summed E-state index contributed by atoms with van der Waals surface area (Å²) >= 11 is 5.44. The van der Waals surface area contributed by atoms with Gasteiger partial charge in [0.25, 0.3) is 0 Å². The van der Waals surface area contributed by atoms with E-state index in [1.54, 1.807) is 0 Å². The maximum Gasteiger partial charge on any atom is 0.199 e. The highest BCUT2D eigenvalue weighted by Crippen LogP contribution is 2.23. The molecule has 1 N–H and O–H groups in total. The Morgan fingerprint density at radius 1 is 0.962 bits per heavy atom. The van der Waals surface area contributed by atoms with E-state index >= 15 is 0 Å². The Hall–Kier alpha value is -2.24. The highest BCUT2D eigenvalue weighted by molar-refractivity contribution is 7.71. The molecule has 0 spiro atoms. The van der Waals surface area contributed by atoms with E-state index in [2.05, 4.69) is 57.6 Å². The number of benzene rings is 2. The van der Waals surface area contributed by atoms with Gasteiger partial charge in [-0.05, 0) is 68.2 Å². The minimum Gasteiger partial charge on any atom is -0.296 e. The van der Waals surface area contributed by atoms with Crippen molar-refractivity contribution in [3.05, 3.63) is 76.8 Å². The van der Waals surface area contributed by atoms with Crippen LogP contribution in [-0.2, 0) is 13.0 Å². The highest BCUT2D eigenvalue weighted by atomic mass is 32.1. The average molecular weight is 365 g/mol. The Labute approximate surface area is 159 Å². The molecule has 0 aliphatic carbocycles. The van der Waals surface area contributed by atoms with E-state index in [1.807, 2.05) is 22.8 Å². The molecule has 0 amide bonds. The number of piperidine rings is 1. The zero-order chi connectivity index (χ0) is 17.8. The van der Waals surface area contributed by atoms with Crippen LogP contribution in [0.5, 0.6) is 0 Å². The van der Waals surface area contributed by atoms with Gasteiger partial charge >= 0.3 is 0 Å². The van der Waals surface area contributed by atoms with E-state index in [-0.39, 0.29) is 0 Å². The van der Waals surface area contributed by atoms with Crippen LogP contribution >= 0.6 is 12.2 Å². The molecule has 2 aromatic carbocycles. The zero-order valence-electron chi connectivity index (χ0n) is 14.8. The van der Waals surface area contributed by atoms with Gasteiger partial charge in [0.15, 0.2) is 4.77 Å². The number of nitrogens with zero attached hydrogens (tertiary/aromatic N) is 3. The third-order valence-electron chi connectivity index (χ3n) is 5.20. The van der Waals surface area contributed by atoms with Crippen molar-refractivity contribution in [2.45, 2.75) is 25.8 Å². The topological polar surface area (TPSA) is 36.9 Å². The van der Waals surface area contributed by atoms with Crippen molar-refractivity contribution < 1.29 is 0 Å². The lowest BCUT2D eigenvalue weighted by atomic mass is 9.90. The molecule has 1 aliphatic heterocycles. The maximum absolute atomic E-state index is 5.44. The van der Waals surface area contributed by atoms with Crippen LogP contribution in [0.2, 0.25) is 0 Å². The Bertz CT molecular complexity index is 877. The smallest absolute Gasteiger partial charge is 0.199 e. The molecule has 4 rings (SSSR count). The van der Waals surface area contributed by atoms with Gasteiger partial charge in [0.1, 0.15) is 5.82 Å². The summed E-state index contributed by atoms with van der Waals surface area (Å²) in [4.78, 5) is 2.49. The molecule has 2 heterocycles. The average Bonchev–Trinajstić information content (AvgIpc) is 3.05. The zero-order valence-corrected chi connectivity index (χ0v) is 15.7. The number of hydrogen-bond donors (Lipinski definition) is 1. The summed E-state index contributed by atoms with van der Waals surface area (Å²) in [7, 11) is 0. The van der Waals surface area contributed by atoms with Crippen LogP contribution in [0.15, 0.2) is 60.7 Å².